The van der Waals surface area contributed by atoms with Gasteiger partial charge in [0.15, 0.2) is 0 Å². The zero-order valence-electron chi connectivity index (χ0n) is 13.8. The Morgan fingerprint density at radius 1 is 1.28 bits per heavy atom. The predicted molar refractivity (Wildman–Crippen MR) is 106 cm³/mol. The van der Waals surface area contributed by atoms with Gasteiger partial charge in [-0.05, 0) is 44.3 Å². The number of fused-ring (bicyclic) bond motifs is 1. The van der Waals surface area contributed by atoms with Crippen LogP contribution in [0.1, 0.15) is 11.9 Å². The van der Waals surface area contributed by atoms with Crippen molar-refractivity contribution in [1.29, 1.82) is 0 Å². The first-order valence-electron chi connectivity index (χ1n) is 7.74. The molecule has 1 unspecified atom stereocenters. The van der Waals surface area contributed by atoms with Crippen LogP contribution in [0.25, 0.3) is 10.2 Å². The van der Waals surface area contributed by atoms with Gasteiger partial charge in [0.2, 0.25) is 5.91 Å². The SMILES string of the molecule is CC(C(=O)Nc1cc(Cl)ccc1Cl)N(C)Cc1nc2ccccc2s1. The van der Waals surface area contributed by atoms with Crippen molar-refractivity contribution < 1.29 is 4.79 Å². The lowest BCUT2D eigenvalue weighted by molar-refractivity contribution is -0.120. The van der Waals surface area contributed by atoms with Crippen LogP contribution in [0.3, 0.4) is 0 Å². The zero-order valence-corrected chi connectivity index (χ0v) is 16.1. The third kappa shape index (κ3) is 4.30. The fraction of sp³-hybridized carbons (Fsp3) is 0.222. The fourth-order valence-corrected chi connectivity index (χ4v) is 3.74. The maximum Gasteiger partial charge on any atom is 0.241 e. The minimum Gasteiger partial charge on any atom is -0.323 e. The molecule has 1 N–H and O–H groups in total. The van der Waals surface area contributed by atoms with Crippen LogP contribution in [0.2, 0.25) is 10.0 Å². The van der Waals surface area contributed by atoms with Gasteiger partial charge < -0.3 is 5.32 Å². The molecule has 25 heavy (non-hydrogen) atoms. The molecule has 130 valence electrons. The van der Waals surface area contributed by atoms with Gasteiger partial charge in [0.1, 0.15) is 5.01 Å². The van der Waals surface area contributed by atoms with Crippen molar-refractivity contribution in [3.05, 3.63) is 57.5 Å². The van der Waals surface area contributed by atoms with Gasteiger partial charge in [0.05, 0.1) is 33.5 Å². The number of para-hydroxylation sites is 1. The van der Waals surface area contributed by atoms with Crippen LogP contribution in [0.4, 0.5) is 5.69 Å². The Morgan fingerprint density at radius 2 is 2.04 bits per heavy atom. The summed E-state index contributed by atoms with van der Waals surface area (Å²) in [6.07, 6.45) is 0. The average molecular weight is 394 g/mol. The van der Waals surface area contributed by atoms with Crippen molar-refractivity contribution in [2.24, 2.45) is 0 Å². The minimum absolute atomic E-state index is 0.146. The number of anilines is 1. The number of halogens is 2. The highest BCUT2D eigenvalue weighted by atomic mass is 35.5. The minimum atomic E-state index is -0.345. The smallest absolute Gasteiger partial charge is 0.241 e. The number of carbonyl (C=O) groups excluding carboxylic acids is 1. The fourth-order valence-electron chi connectivity index (χ4n) is 2.37. The number of benzene rings is 2. The lowest BCUT2D eigenvalue weighted by Gasteiger charge is -2.23. The molecule has 0 saturated carbocycles. The van der Waals surface area contributed by atoms with E-state index in [0.29, 0.717) is 22.3 Å². The first kappa shape index (κ1) is 18.1. The van der Waals surface area contributed by atoms with Gasteiger partial charge in [-0.25, -0.2) is 4.98 Å². The van der Waals surface area contributed by atoms with Gasteiger partial charge in [-0.15, -0.1) is 11.3 Å². The van der Waals surface area contributed by atoms with Crippen LogP contribution in [0.5, 0.6) is 0 Å². The highest BCUT2D eigenvalue weighted by molar-refractivity contribution is 7.18. The van der Waals surface area contributed by atoms with Crippen molar-refractivity contribution in [1.82, 2.24) is 9.88 Å². The quantitative estimate of drug-likeness (QED) is 0.658. The summed E-state index contributed by atoms with van der Waals surface area (Å²) in [5.74, 6) is -0.146. The molecule has 0 aliphatic rings. The number of likely N-dealkylation sites (N-methyl/N-ethyl adjacent to an activating group) is 1. The van der Waals surface area contributed by atoms with Crippen molar-refractivity contribution >= 4 is 56.3 Å². The summed E-state index contributed by atoms with van der Waals surface area (Å²) in [5.41, 5.74) is 1.50. The molecule has 1 atom stereocenters. The molecule has 0 saturated heterocycles. The largest absolute Gasteiger partial charge is 0.323 e. The Bertz CT molecular complexity index is 879. The van der Waals surface area contributed by atoms with Crippen LogP contribution in [0.15, 0.2) is 42.5 Å². The number of hydrogen-bond acceptors (Lipinski definition) is 4. The Labute approximate surface area is 160 Å². The number of rotatable bonds is 5. The summed E-state index contributed by atoms with van der Waals surface area (Å²) >= 11 is 13.7. The van der Waals surface area contributed by atoms with Gasteiger partial charge in [-0.3, -0.25) is 9.69 Å². The molecular formula is C18H17Cl2N3OS. The van der Waals surface area contributed by atoms with E-state index in [1.807, 2.05) is 43.1 Å². The van der Waals surface area contributed by atoms with Gasteiger partial charge in [-0.2, -0.15) is 0 Å². The van der Waals surface area contributed by atoms with Crippen molar-refractivity contribution in [2.75, 3.05) is 12.4 Å². The van der Waals surface area contributed by atoms with E-state index in [-0.39, 0.29) is 11.9 Å². The Morgan fingerprint density at radius 3 is 2.80 bits per heavy atom. The Hall–Kier alpha value is -1.66. The maximum absolute atomic E-state index is 12.5. The third-order valence-corrected chi connectivity index (χ3v) is 5.54. The molecule has 0 fully saturated rings. The van der Waals surface area contributed by atoms with Crippen LogP contribution in [0, 0.1) is 0 Å². The van der Waals surface area contributed by atoms with Gasteiger partial charge in [0, 0.05) is 5.02 Å². The van der Waals surface area contributed by atoms with Crippen molar-refractivity contribution in [3.63, 3.8) is 0 Å². The van der Waals surface area contributed by atoms with E-state index in [0.717, 1.165) is 15.2 Å². The van der Waals surface area contributed by atoms with Crippen molar-refractivity contribution in [3.8, 4) is 0 Å². The number of nitrogens with one attached hydrogen (secondary N) is 1. The summed E-state index contributed by atoms with van der Waals surface area (Å²) < 4.78 is 1.15. The van der Waals surface area contributed by atoms with E-state index < -0.39 is 0 Å². The molecule has 0 aliphatic heterocycles. The second kappa shape index (κ2) is 7.70. The second-order valence-corrected chi connectivity index (χ2v) is 7.74. The molecule has 7 heteroatoms. The normalized spacial score (nSPS) is 12.5. The molecule has 0 spiro atoms. The lowest BCUT2D eigenvalue weighted by Crippen LogP contribution is -2.39. The average Bonchev–Trinajstić information content (AvgIpc) is 2.99. The first-order chi connectivity index (χ1) is 11.9. The number of hydrogen-bond donors (Lipinski definition) is 1. The standard InChI is InChI=1S/C18H17Cl2N3OS/c1-11(18(24)22-15-9-12(19)7-8-13(15)20)23(2)10-17-21-14-5-3-4-6-16(14)25-17/h3-9,11H,10H2,1-2H3,(H,22,24). The molecule has 0 radical (unpaired) electrons. The maximum atomic E-state index is 12.5. The molecular weight excluding hydrogens is 377 g/mol. The van der Waals surface area contributed by atoms with E-state index in [2.05, 4.69) is 10.3 Å². The molecule has 3 rings (SSSR count). The Balaban J connectivity index is 1.67. The lowest BCUT2D eigenvalue weighted by atomic mass is 10.2. The molecule has 0 aliphatic carbocycles. The molecule has 1 heterocycles. The van der Waals surface area contributed by atoms with Crippen LogP contribution in [-0.4, -0.2) is 28.9 Å². The second-order valence-electron chi connectivity index (χ2n) is 5.78. The molecule has 0 bridgehead atoms. The summed E-state index contributed by atoms with van der Waals surface area (Å²) in [7, 11) is 1.90. The van der Waals surface area contributed by atoms with E-state index in [1.165, 1.54) is 0 Å². The highest BCUT2D eigenvalue weighted by Gasteiger charge is 2.20. The number of nitrogens with zero attached hydrogens (tertiary/aromatic N) is 2. The summed E-state index contributed by atoms with van der Waals surface area (Å²) in [4.78, 5) is 19.1. The van der Waals surface area contributed by atoms with E-state index in [1.54, 1.807) is 29.5 Å². The molecule has 1 aromatic heterocycles. The molecule has 2 aromatic carbocycles. The van der Waals surface area contributed by atoms with Gasteiger partial charge in [0.25, 0.3) is 0 Å². The molecule has 4 nitrogen and oxygen atoms in total. The molecule has 3 aromatic rings. The summed E-state index contributed by atoms with van der Waals surface area (Å²) in [6.45, 7) is 2.44. The third-order valence-electron chi connectivity index (χ3n) is 3.95. The number of amides is 1. The van der Waals surface area contributed by atoms with Gasteiger partial charge in [-0.1, -0.05) is 35.3 Å². The number of carbonyl (C=O) groups is 1. The first-order valence-corrected chi connectivity index (χ1v) is 9.32. The summed E-state index contributed by atoms with van der Waals surface area (Å²) in [6, 6.07) is 12.7. The Kier molecular flexibility index (Phi) is 5.59. The number of aromatic nitrogens is 1. The van der Waals surface area contributed by atoms with Crippen LogP contribution in [-0.2, 0) is 11.3 Å². The monoisotopic (exact) mass is 393 g/mol. The topological polar surface area (TPSA) is 45.2 Å². The van der Waals surface area contributed by atoms with Crippen LogP contribution >= 0.6 is 34.5 Å². The summed E-state index contributed by atoms with van der Waals surface area (Å²) in [5, 5.41) is 4.79. The van der Waals surface area contributed by atoms with Gasteiger partial charge >= 0.3 is 0 Å². The predicted octanol–water partition coefficient (Wildman–Crippen LogP) is 5.06. The van der Waals surface area contributed by atoms with Crippen molar-refractivity contribution in [2.45, 2.75) is 19.5 Å². The molecule has 1 amide bonds. The van der Waals surface area contributed by atoms with E-state index in [4.69, 9.17) is 23.2 Å². The van der Waals surface area contributed by atoms with Crippen LogP contribution < -0.4 is 5.32 Å². The zero-order chi connectivity index (χ0) is 18.0. The van der Waals surface area contributed by atoms with E-state index >= 15 is 0 Å². The van der Waals surface area contributed by atoms with E-state index in [9.17, 15) is 4.79 Å². The highest BCUT2D eigenvalue weighted by Crippen LogP contribution is 2.26. The number of thiazole rings is 1.